The Kier molecular flexibility index (Phi) is 4.76. The Morgan fingerprint density at radius 1 is 1.35 bits per heavy atom. The van der Waals surface area contributed by atoms with Crippen molar-refractivity contribution in [3.05, 3.63) is 48.0 Å². The van der Waals surface area contributed by atoms with Crippen molar-refractivity contribution in [2.75, 3.05) is 13.7 Å². The van der Waals surface area contributed by atoms with Gasteiger partial charge in [0.2, 0.25) is 5.91 Å². The SMILES string of the molecule is CCOc1ccc(CC(=O)N(C)Cc2ncc[nH]2)cc1. The number of nitrogens with zero attached hydrogens (tertiary/aromatic N) is 2. The minimum Gasteiger partial charge on any atom is -0.494 e. The molecule has 0 saturated heterocycles. The highest BCUT2D eigenvalue weighted by Crippen LogP contribution is 2.13. The number of aromatic nitrogens is 2. The Bertz CT molecular complexity index is 535. The van der Waals surface area contributed by atoms with E-state index in [2.05, 4.69) is 9.97 Å². The zero-order chi connectivity index (χ0) is 14.4. The number of ether oxygens (including phenoxy) is 1. The van der Waals surface area contributed by atoms with Gasteiger partial charge in [-0.3, -0.25) is 4.79 Å². The van der Waals surface area contributed by atoms with Crippen molar-refractivity contribution in [1.82, 2.24) is 14.9 Å². The molecule has 0 aliphatic heterocycles. The molecule has 106 valence electrons. The first-order valence-corrected chi connectivity index (χ1v) is 6.63. The second kappa shape index (κ2) is 6.75. The van der Waals surface area contributed by atoms with Crippen molar-refractivity contribution in [1.29, 1.82) is 0 Å². The lowest BCUT2D eigenvalue weighted by Gasteiger charge is -2.15. The number of rotatable bonds is 6. The maximum atomic E-state index is 12.1. The molecule has 20 heavy (non-hydrogen) atoms. The van der Waals surface area contributed by atoms with Crippen LogP contribution in [0.4, 0.5) is 0 Å². The first-order chi connectivity index (χ1) is 9.69. The fourth-order valence-electron chi connectivity index (χ4n) is 1.88. The van der Waals surface area contributed by atoms with Gasteiger partial charge in [0, 0.05) is 19.4 Å². The molecular formula is C15H19N3O2. The van der Waals surface area contributed by atoms with E-state index in [4.69, 9.17) is 4.74 Å². The average molecular weight is 273 g/mol. The molecule has 1 amide bonds. The summed E-state index contributed by atoms with van der Waals surface area (Å²) in [7, 11) is 1.78. The van der Waals surface area contributed by atoms with Crippen molar-refractivity contribution in [2.45, 2.75) is 19.9 Å². The van der Waals surface area contributed by atoms with Gasteiger partial charge in [-0.15, -0.1) is 0 Å². The molecule has 0 unspecified atom stereocenters. The molecule has 2 aromatic rings. The number of hydrogen-bond donors (Lipinski definition) is 1. The molecule has 0 aliphatic rings. The molecule has 1 aromatic carbocycles. The third-order valence-electron chi connectivity index (χ3n) is 2.96. The lowest BCUT2D eigenvalue weighted by atomic mass is 10.1. The second-order valence-corrected chi connectivity index (χ2v) is 4.54. The van der Waals surface area contributed by atoms with E-state index in [9.17, 15) is 4.79 Å². The normalized spacial score (nSPS) is 10.3. The van der Waals surface area contributed by atoms with Crippen LogP contribution in [0.3, 0.4) is 0 Å². The Balaban J connectivity index is 1.90. The van der Waals surface area contributed by atoms with Crippen LogP contribution in [0.2, 0.25) is 0 Å². The number of H-pyrrole nitrogens is 1. The molecule has 0 saturated carbocycles. The third kappa shape index (κ3) is 3.85. The van der Waals surface area contributed by atoms with E-state index in [0.29, 0.717) is 19.6 Å². The monoisotopic (exact) mass is 273 g/mol. The fourth-order valence-corrected chi connectivity index (χ4v) is 1.88. The number of nitrogens with one attached hydrogen (secondary N) is 1. The van der Waals surface area contributed by atoms with Gasteiger partial charge in [0.25, 0.3) is 0 Å². The lowest BCUT2D eigenvalue weighted by molar-refractivity contribution is -0.129. The average Bonchev–Trinajstić information content (AvgIpc) is 2.94. The molecule has 5 nitrogen and oxygen atoms in total. The molecule has 5 heteroatoms. The molecule has 0 spiro atoms. The van der Waals surface area contributed by atoms with E-state index in [1.807, 2.05) is 31.2 Å². The van der Waals surface area contributed by atoms with E-state index in [1.54, 1.807) is 24.3 Å². The van der Waals surface area contributed by atoms with Crippen LogP contribution >= 0.6 is 0 Å². The molecule has 0 aliphatic carbocycles. The molecule has 0 radical (unpaired) electrons. The summed E-state index contributed by atoms with van der Waals surface area (Å²) in [6.07, 6.45) is 3.81. The van der Waals surface area contributed by atoms with Gasteiger partial charge in [-0.25, -0.2) is 4.98 Å². The second-order valence-electron chi connectivity index (χ2n) is 4.54. The van der Waals surface area contributed by atoms with Gasteiger partial charge in [0.15, 0.2) is 0 Å². The molecule has 0 fully saturated rings. The van der Waals surface area contributed by atoms with Crippen LogP contribution in [-0.4, -0.2) is 34.4 Å². The number of likely N-dealkylation sites (N-methyl/N-ethyl adjacent to an activating group) is 1. The van der Waals surface area contributed by atoms with Crippen LogP contribution in [0.15, 0.2) is 36.7 Å². The molecule has 0 atom stereocenters. The van der Waals surface area contributed by atoms with E-state index in [1.165, 1.54) is 0 Å². The van der Waals surface area contributed by atoms with Crippen LogP contribution < -0.4 is 4.74 Å². The van der Waals surface area contributed by atoms with Crippen molar-refractivity contribution in [2.24, 2.45) is 0 Å². The zero-order valence-corrected chi connectivity index (χ0v) is 11.8. The predicted octanol–water partition coefficient (Wildman–Crippen LogP) is 2.01. The van der Waals surface area contributed by atoms with Gasteiger partial charge >= 0.3 is 0 Å². The molecule has 1 aromatic heterocycles. The Hall–Kier alpha value is -2.30. The Morgan fingerprint density at radius 2 is 2.10 bits per heavy atom. The highest BCUT2D eigenvalue weighted by molar-refractivity contribution is 5.78. The summed E-state index contributed by atoms with van der Waals surface area (Å²) < 4.78 is 5.38. The minimum absolute atomic E-state index is 0.0607. The number of carbonyl (C=O) groups excluding carboxylic acids is 1. The number of imidazole rings is 1. The topological polar surface area (TPSA) is 58.2 Å². The van der Waals surface area contributed by atoms with Gasteiger partial charge in [-0.2, -0.15) is 0 Å². The molecule has 2 rings (SSSR count). The van der Waals surface area contributed by atoms with Crippen molar-refractivity contribution >= 4 is 5.91 Å². The van der Waals surface area contributed by atoms with Crippen LogP contribution in [-0.2, 0) is 17.8 Å². The van der Waals surface area contributed by atoms with Crippen molar-refractivity contribution < 1.29 is 9.53 Å². The van der Waals surface area contributed by atoms with E-state index in [-0.39, 0.29) is 5.91 Å². The summed E-state index contributed by atoms with van der Waals surface area (Å²) in [4.78, 5) is 20.9. The molecule has 1 heterocycles. The summed E-state index contributed by atoms with van der Waals surface area (Å²) >= 11 is 0. The van der Waals surface area contributed by atoms with Crippen LogP contribution in [0, 0.1) is 0 Å². The number of amides is 1. The Morgan fingerprint density at radius 3 is 2.70 bits per heavy atom. The lowest BCUT2D eigenvalue weighted by Crippen LogP contribution is -2.28. The highest BCUT2D eigenvalue weighted by atomic mass is 16.5. The third-order valence-corrected chi connectivity index (χ3v) is 2.96. The highest BCUT2D eigenvalue weighted by Gasteiger charge is 2.11. The summed E-state index contributed by atoms with van der Waals surface area (Å²) in [5.41, 5.74) is 0.977. The molecule has 0 bridgehead atoms. The van der Waals surface area contributed by atoms with Crippen LogP contribution in [0.1, 0.15) is 18.3 Å². The zero-order valence-electron chi connectivity index (χ0n) is 11.8. The van der Waals surface area contributed by atoms with Gasteiger partial charge in [0.05, 0.1) is 19.6 Å². The standard InChI is InChI=1S/C15H19N3O2/c1-3-20-13-6-4-12(5-7-13)10-15(19)18(2)11-14-16-8-9-17-14/h4-9H,3,10-11H2,1-2H3,(H,16,17). The first kappa shape index (κ1) is 14.1. The summed E-state index contributed by atoms with van der Waals surface area (Å²) in [5.74, 6) is 1.67. The van der Waals surface area contributed by atoms with E-state index in [0.717, 1.165) is 17.1 Å². The smallest absolute Gasteiger partial charge is 0.227 e. The first-order valence-electron chi connectivity index (χ1n) is 6.63. The maximum absolute atomic E-state index is 12.1. The molecule has 1 N–H and O–H groups in total. The Labute approximate surface area is 118 Å². The summed E-state index contributed by atoms with van der Waals surface area (Å²) in [6, 6.07) is 7.62. The van der Waals surface area contributed by atoms with Gasteiger partial charge in [0.1, 0.15) is 11.6 Å². The van der Waals surface area contributed by atoms with Crippen molar-refractivity contribution in [3.8, 4) is 5.75 Å². The van der Waals surface area contributed by atoms with Gasteiger partial charge < -0.3 is 14.6 Å². The van der Waals surface area contributed by atoms with Gasteiger partial charge in [-0.05, 0) is 24.6 Å². The largest absolute Gasteiger partial charge is 0.494 e. The fraction of sp³-hybridized carbons (Fsp3) is 0.333. The number of carbonyl (C=O) groups is 1. The van der Waals surface area contributed by atoms with Crippen molar-refractivity contribution in [3.63, 3.8) is 0 Å². The predicted molar refractivity (Wildman–Crippen MR) is 76.4 cm³/mol. The summed E-state index contributed by atoms with van der Waals surface area (Å²) in [6.45, 7) is 3.08. The van der Waals surface area contributed by atoms with E-state index >= 15 is 0 Å². The number of aromatic amines is 1. The minimum atomic E-state index is 0.0607. The quantitative estimate of drug-likeness (QED) is 0.876. The summed E-state index contributed by atoms with van der Waals surface area (Å²) in [5, 5.41) is 0. The van der Waals surface area contributed by atoms with Crippen LogP contribution in [0.5, 0.6) is 5.75 Å². The maximum Gasteiger partial charge on any atom is 0.227 e. The molecular weight excluding hydrogens is 254 g/mol. The van der Waals surface area contributed by atoms with Crippen LogP contribution in [0.25, 0.3) is 0 Å². The van der Waals surface area contributed by atoms with Gasteiger partial charge in [-0.1, -0.05) is 12.1 Å². The van der Waals surface area contributed by atoms with E-state index < -0.39 is 0 Å². The number of hydrogen-bond acceptors (Lipinski definition) is 3. The number of benzene rings is 1.